The first-order valence-corrected chi connectivity index (χ1v) is 13.9. The van der Waals surface area contributed by atoms with Gasteiger partial charge in [0, 0.05) is 23.5 Å². The molecule has 6 nitrogen and oxygen atoms in total. The monoisotopic (exact) mass is 490 g/mol. The second kappa shape index (κ2) is 5.89. The smallest absolute Gasteiger partial charge is 0.337 e. The van der Waals surface area contributed by atoms with E-state index in [1.165, 1.54) is 11.1 Å². The van der Waals surface area contributed by atoms with Crippen LogP contribution in [0.3, 0.4) is 0 Å². The Kier molecular flexibility index (Phi) is 3.45. The molecule has 1 spiro atoms. The summed E-state index contributed by atoms with van der Waals surface area (Å²) in [6.07, 6.45) is 4.93. The van der Waals surface area contributed by atoms with Gasteiger partial charge >= 0.3 is 5.97 Å². The maximum atomic E-state index is 13.5. The molecule has 4 saturated carbocycles. The number of ether oxygens (including phenoxy) is 1. The molecule has 6 heteroatoms. The van der Waals surface area contributed by atoms with E-state index in [0.717, 1.165) is 36.0 Å². The number of hydrogen-bond acceptors (Lipinski definition) is 6. The van der Waals surface area contributed by atoms with Crippen LogP contribution in [0.25, 0.3) is 0 Å². The van der Waals surface area contributed by atoms with Crippen molar-refractivity contribution in [2.24, 2.45) is 52.3 Å². The van der Waals surface area contributed by atoms with E-state index in [9.17, 15) is 20.1 Å². The molecule has 2 heterocycles. The van der Waals surface area contributed by atoms with Crippen LogP contribution in [0.1, 0.15) is 68.4 Å². The Morgan fingerprint density at radius 1 is 1.11 bits per heavy atom. The topological polar surface area (TPSA) is 100 Å². The zero-order chi connectivity index (χ0) is 24.7. The maximum absolute atomic E-state index is 13.5. The zero-order valence-corrected chi connectivity index (χ0v) is 21.1. The molecule has 1 aromatic rings. The molecule has 8 aliphatic rings. The Morgan fingerprint density at radius 3 is 2.67 bits per heavy atom. The summed E-state index contributed by atoms with van der Waals surface area (Å²) in [5.74, 6) is 2.73. The fraction of sp³-hybridized carbons (Fsp3) is 0.700. The average Bonchev–Trinajstić information content (AvgIpc) is 3.72. The Hall–Kier alpha value is -1.89. The summed E-state index contributed by atoms with van der Waals surface area (Å²) in [6, 6.07) is 0. The van der Waals surface area contributed by atoms with Crippen LogP contribution in [-0.4, -0.2) is 40.1 Å². The van der Waals surface area contributed by atoms with Gasteiger partial charge in [-0.15, -0.1) is 0 Å². The number of rotatable bonds is 2. The van der Waals surface area contributed by atoms with Crippen molar-refractivity contribution < 1.29 is 29.3 Å². The average molecular weight is 491 g/mol. The van der Waals surface area contributed by atoms with E-state index in [2.05, 4.69) is 13.8 Å². The first-order chi connectivity index (χ1) is 17.2. The van der Waals surface area contributed by atoms with Crippen LogP contribution in [0.2, 0.25) is 0 Å². The predicted octanol–water partition coefficient (Wildman–Crippen LogP) is 3.56. The van der Waals surface area contributed by atoms with Crippen molar-refractivity contribution >= 4 is 5.97 Å². The fourth-order valence-corrected chi connectivity index (χ4v) is 11.7. The van der Waals surface area contributed by atoms with E-state index in [-0.39, 0.29) is 42.4 Å². The van der Waals surface area contributed by atoms with Crippen molar-refractivity contribution in [2.45, 2.75) is 64.1 Å². The molecule has 0 unspecified atom stereocenters. The van der Waals surface area contributed by atoms with Gasteiger partial charge in [0.2, 0.25) is 0 Å². The van der Waals surface area contributed by atoms with Gasteiger partial charge in [-0.3, -0.25) is 0 Å². The number of esters is 1. The highest BCUT2D eigenvalue weighted by atomic mass is 16.6. The summed E-state index contributed by atoms with van der Waals surface area (Å²) in [7, 11) is 0. The van der Waals surface area contributed by atoms with Gasteiger partial charge in [0.15, 0.2) is 0 Å². The van der Waals surface area contributed by atoms with Gasteiger partial charge in [-0.05, 0) is 90.2 Å². The normalized spacial score (nSPS) is 54.3. The standard InChI is InChI=1S/C30H34O6/c1-11-10-35-25-22(11)24-23-14(12-4-18(12)29(23,3)26(25)33)6-21-28(2)17-5-13(17)15(8-31)19(28)7-20-16(9-32)27(34)36-30(20,21)24/h10,12-13,15,17-19,21,24,26,31-33H,4-9H2,1-3H3/t12-,13-,15-,17-,18-,19+,21+,24+,26+,28+,29+,30+/m1/s1. The number of hydrogen-bond donors (Lipinski definition) is 3. The van der Waals surface area contributed by atoms with Gasteiger partial charge < -0.3 is 24.5 Å². The van der Waals surface area contributed by atoms with Crippen LogP contribution in [0.4, 0.5) is 0 Å². The highest BCUT2D eigenvalue weighted by molar-refractivity contribution is 5.94. The zero-order valence-electron chi connectivity index (χ0n) is 21.1. The van der Waals surface area contributed by atoms with Crippen LogP contribution >= 0.6 is 0 Å². The van der Waals surface area contributed by atoms with Crippen molar-refractivity contribution in [1.82, 2.24) is 0 Å². The maximum Gasteiger partial charge on any atom is 0.337 e. The molecule has 3 N–H and O–H groups in total. The molecule has 1 aromatic heterocycles. The summed E-state index contributed by atoms with van der Waals surface area (Å²) in [4.78, 5) is 13.5. The molecule has 0 bridgehead atoms. The molecule has 7 aliphatic carbocycles. The molecule has 0 radical (unpaired) electrons. The quantitative estimate of drug-likeness (QED) is 0.433. The van der Waals surface area contributed by atoms with Crippen LogP contribution in [-0.2, 0) is 9.53 Å². The van der Waals surface area contributed by atoms with E-state index in [1.807, 2.05) is 6.92 Å². The molecular formula is C30H34O6. The molecule has 0 aromatic carbocycles. The SMILES string of the molecule is Cc1coc2c1[C@H]1C3=C(C[C@@H]4[C@]15OC(=O)C(CO)=C5C[C@H]1[C@H](CO)[C@H]5C[C@H]5[C@]41C)[C@H]1C[C@H]1[C@]3(C)[C@H]2O. The lowest BCUT2D eigenvalue weighted by Crippen LogP contribution is -2.62. The molecule has 4 fully saturated rings. The van der Waals surface area contributed by atoms with Crippen molar-refractivity contribution in [3.63, 3.8) is 0 Å². The number of carbonyl (C=O) groups is 1. The molecule has 190 valence electrons. The lowest BCUT2D eigenvalue weighted by Gasteiger charge is -2.62. The van der Waals surface area contributed by atoms with Gasteiger partial charge in [-0.1, -0.05) is 19.4 Å². The van der Waals surface area contributed by atoms with E-state index in [0.29, 0.717) is 47.3 Å². The van der Waals surface area contributed by atoms with Crippen molar-refractivity contribution in [2.75, 3.05) is 13.2 Å². The number of aryl methyl sites for hydroxylation is 1. The number of aliphatic hydroxyl groups is 3. The minimum atomic E-state index is -0.849. The number of carbonyl (C=O) groups excluding carboxylic acids is 1. The summed E-state index contributed by atoms with van der Waals surface area (Å²) in [6.45, 7) is 6.56. The Morgan fingerprint density at radius 2 is 1.92 bits per heavy atom. The Labute approximate surface area is 210 Å². The third-order valence-corrected chi connectivity index (χ3v) is 13.1. The minimum Gasteiger partial charge on any atom is -0.466 e. The number of fused-ring (bicyclic) bond motifs is 9. The molecule has 12 atom stereocenters. The molecule has 9 rings (SSSR count). The summed E-state index contributed by atoms with van der Waals surface area (Å²) in [5, 5.41) is 32.6. The molecule has 0 saturated heterocycles. The number of allylic oxidation sites excluding steroid dienone is 1. The minimum absolute atomic E-state index is 0.0392. The predicted molar refractivity (Wildman–Crippen MR) is 127 cm³/mol. The van der Waals surface area contributed by atoms with E-state index < -0.39 is 17.1 Å². The Balaban J connectivity index is 1.38. The van der Waals surface area contributed by atoms with Gasteiger partial charge in [-0.2, -0.15) is 0 Å². The van der Waals surface area contributed by atoms with E-state index >= 15 is 0 Å². The Bertz CT molecular complexity index is 1350. The molecule has 36 heavy (non-hydrogen) atoms. The van der Waals surface area contributed by atoms with Gasteiger partial charge in [0.1, 0.15) is 17.5 Å². The third-order valence-electron chi connectivity index (χ3n) is 13.1. The van der Waals surface area contributed by atoms with Gasteiger partial charge in [0.05, 0.1) is 24.4 Å². The lowest BCUT2D eigenvalue weighted by atomic mass is 9.43. The molecule has 0 amide bonds. The largest absolute Gasteiger partial charge is 0.466 e. The third kappa shape index (κ3) is 1.84. The molecule has 1 aliphatic heterocycles. The van der Waals surface area contributed by atoms with E-state index in [1.54, 1.807) is 6.26 Å². The van der Waals surface area contributed by atoms with Crippen LogP contribution in [0, 0.1) is 59.2 Å². The van der Waals surface area contributed by atoms with Crippen LogP contribution in [0.5, 0.6) is 0 Å². The van der Waals surface area contributed by atoms with Gasteiger partial charge in [-0.25, -0.2) is 4.79 Å². The second-order valence-electron chi connectivity index (χ2n) is 13.8. The first kappa shape index (κ1) is 21.1. The van der Waals surface area contributed by atoms with Crippen molar-refractivity contribution in [3.05, 3.63) is 45.4 Å². The second-order valence-corrected chi connectivity index (χ2v) is 13.8. The van der Waals surface area contributed by atoms with Crippen LogP contribution < -0.4 is 0 Å². The van der Waals surface area contributed by atoms with Crippen molar-refractivity contribution in [1.29, 1.82) is 0 Å². The van der Waals surface area contributed by atoms with Gasteiger partial charge in [0.25, 0.3) is 0 Å². The first-order valence-electron chi connectivity index (χ1n) is 13.9. The molecular weight excluding hydrogens is 456 g/mol. The van der Waals surface area contributed by atoms with Crippen LogP contribution in [0.15, 0.2) is 33.0 Å². The summed E-state index contributed by atoms with van der Waals surface area (Å²) < 4.78 is 12.8. The summed E-state index contributed by atoms with van der Waals surface area (Å²) >= 11 is 0. The van der Waals surface area contributed by atoms with Crippen molar-refractivity contribution in [3.8, 4) is 0 Å². The lowest BCUT2D eigenvalue weighted by molar-refractivity contribution is -0.172. The highest BCUT2D eigenvalue weighted by Crippen LogP contribution is 2.84. The number of aliphatic hydroxyl groups excluding tert-OH is 3. The summed E-state index contributed by atoms with van der Waals surface area (Å²) in [5.41, 5.74) is 4.93. The highest BCUT2D eigenvalue weighted by Gasteiger charge is 2.81. The number of furan rings is 1. The van der Waals surface area contributed by atoms with E-state index in [4.69, 9.17) is 9.15 Å². The fourth-order valence-electron chi connectivity index (χ4n) is 11.7.